The normalized spacial score (nSPS) is 13.8. The minimum Gasteiger partial charge on any atom is -0.505 e. The Morgan fingerprint density at radius 2 is 1.77 bits per heavy atom. The molecule has 11 heteroatoms. The smallest absolute Gasteiger partial charge is 0.326 e. The molecule has 1 aliphatic carbocycles. The topological polar surface area (TPSA) is 88.9 Å². The van der Waals surface area contributed by atoms with E-state index in [4.69, 9.17) is 23.2 Å². The predicted octanol–water partition coefficient (Wildman–Crippen LogP) is 8.03. The van der Waals surface area contributed by atoms with E-state index in [1.807, 2.05) is 49.5 Å². The number of hydrogen-bond acceptors (Lipinski definition) is 7. The number of nitrogens with zero attached hydrogens (tertiary/aromatic N) is 3. The molecule has 1 aliphatic rings. The Morgan fingerprint density at radius 3 is 2.35 bits per heavy atom. The van der Waals surface area contributed by atoms with Crippen molar-refractivity contribution in [1.82, 2.24) is 9.88 Å². The molecular weight excluding hydrogens is 610 g/mol. The van der Waals surface area contributed by atoms with Gasteiger partial charge in [0.1, 0.15) is 17.4 Å². The molecule has 0 aliphatic heterocycles. The first-order chi connectivity index (χ1) is 20.6. The van der Waals surface area contributed by atoms with Crippen LogP contribution in [0.1, 0.15) is 24.8 Å². The molecule has 5 rings (SSSR count). The second-order valence-corrected chi connectivity index (χ2v) is 12.8. The molecule has 43 heavy (non-hydrogen) atoms. The van der Waals surface area contributed by atoms with Crippen molar-refractivity contribution in [2.24, 2.45) is 0 Å². The van der Waals surface area contributed by atoms with Gasteiger partial charge < -0.3 is 25.3 Å². The molecule has 1 atom stereocenters. The molecule has 1 saturated carbocycles. The van der Waals surface area contributed by atoms with Gasteiger partial charge in [-0.05, 0) is 98.5 Å². The van der Waals surface area contributed by atoms with Gasteiger partial charge in [-0.3, -0.25) is 4.98 Å². The third-order valence-electron chi connectivity index (χ3n) is 7.41. The molecule has 3 N–H and O–H groups in total. The van der Waals surface area contributed by atoms with Gasteiger partial charge in [-0.15, -0.1) is 0 Å². The summed E-state index contributed by atoms with van der Waals surface area (Å²) >= 11 is 14.0. The highest BCUT2D eigenvalue weighted by atomic mass is 35.5. The van der Waals surface area contributed by atoms with Crippen LogP contribution in [0.5, 0.6) is 5.75 Å². The summed E-state index contributed by atoms with van der Waals surface area (Å²) in [5, 5.41) is 24.5. The Bertz CT molecular complexity index is 1630. The molecule has 1 fully saturated rings. The Morgan fingerprint density at radius 1 is 1.12 bits per heavy atom. The number of anilines is 3. The maximum atomic E-state index is 15.7. The summed E-state index contributed by atoms with van der Waals surface area (Å²) in [4.78, 5) is 21.1. The van der Waals surface area contributed by atoms with Crippen LogP contribution in [-0.4, -0.2) is 64.3 Å². The van der Waals surface area contributed by atoms with Gasteiger partial charge in [0.15, 0.2) is 5.75 Å². The van der Waals surface area contributed by atoms with Gasteiger partial charge in [0.2, 0.25) is 0 Å². The van der Waals surface area contributed by atoms with E-state index in [2.05, 4.69) is 15.2 Å². The summed E-state index contributed by atoms with van der Waals surface area (Å²) in [5.74, 6) is -1.03. The standard InChI is InChI=1S/C32H33Cl2FN4O3S/c1-38(2)17-18-4-6-21(7-5-18)37-30-23-12-19(20-13-24(33)31(40)25(34)14-20)15-26(35)29(23)36-16-28(30)39(22-8-9-22)27(32(41)42)10-11-43-3/h4-7,12-16,22,27,40H,8-11,17H2,1-3H3,(H,36,37)(H,41,42)/t27-/m0/s1. The average molecular weight is 644 g/mol. The van der Waals surface area contributed by atoms with E-state index >= 15 is 4.39 Å². The summed E-state index contributed by atoms with van der Waals surface area (Å²) in [6, 6.07) is 13.4. The van der Waals surface area contributed by atoms with Crippen molar-refractivity contribution in [3.8, 4) is 16.9 Å². The first-order valence-corrected chi connectivity index (χ1v) is 16.0. The molecule has 0 saturated heterocycles. The van der Waals surface area contributed by atoms with Gasteiger partial charge in [0.25, 0.3) is 0 Å². The van der Waals surface area contributed by atoms with Gasteiger partial charge in [-0.25, -0.2) is 9.18 Å². The fourth-order valence-corrected chi connectivity index (χ4v) is 6.21. The van der Waals surface area contributed by atoms with E-state index in [0.29, 0.717) is 40.1 Å². The minimum atomic E-state index is -0.909. The molecule has 0 amide bonds. The Hall–Kier alpha value is -3.24. The van der Waals surface area contributed by atoms with Crippen molar-refractivity contribution in [2.45, 2.75) is 37.9 Å². The SMILES string of the molecule is CSCC[C@@H](C(=O)O)N(c1cnc2c(F)cc(-c3cc(Cl)c(O)c(Cl)c3)cc2c1Nc1ccc(CN(C)C)cc1)C1CC1. The molecule has 3 aromatic carbocycles. The fraction of sp³-hybridized carbons (Fsp3) is 0.312. The number of rotatable bonds is 12. The molecule has 7 nitrogen and oxygen atoms in total. The van der Waals surface area contributed by atoms with E-state index in [0.717, 1.165) is 30.6 Å². The number of aromatic hydroxyl groups is 1. The first-order valence-electron chi connectivity index (χ1n) is 13.9. The zero-order valence-electron chi connectivity index (χ0n) is 24.1. The maximum Gasteiger partial charge on any atom is 0.326 e. The van der Waals surface area contributed by atoms with E-state index < -0.39 is 17.8 Å². The minimum absolute atomic E-state index is 0.0352. The average Bonchev–Trinajstić information content (AvgIpc) is 3.80. The van der Waals surface area contributed by atoms with Crippen LogP contribution in [0.3, 0.4) is 0 Å². The summed E-state index contributed by atoms with van der Waals surface area (Å²) in [6.07, 6.45) is 5.70. The number of hydrogen-bond donors (Lipinski definition) is 3. The highest BCUT2D eigenvalue weighted by Gasteiger charge is 2.39. The molecule has 226 valence electrons. The lowest BCUT2D eigenvalue weighted by molar-refractivity contribution is -0.138. The number of pyridine rings is 1. The van der Waals surface area contributed by atoms with E-state index in [-0.39, 0.29) is 27.4 Å². The summed E-state index contributed by atoms with van der Waals surface area (Å²) < 4.78 is 15.7. The number of nitrogens with one attached hydrogen (secondary N) is 1. The van der Waals surface area contributed by atoms with Crippen molar-refractivity contribution in [2.75, 3.05) is 36.3 Å². The fourth-order valence-electron chi connectivity index (χ4n) is 5.26. The van der Waals surface area contributed by atoms with Crippen molar-refractivity contribution in [1.29, 1.82) is 0 Å². The van der Waals surface area contributed by atoms with Crippen LogP contribution in [0, 0.1) is 5.82 Å². The molecule has 4 aromatic rings. The van der Waals surface area contributed by atoms with Gasteiger partial charge >= 0.3 is 5.97 Å². The maximum absolute atomic E-state index is 15.7. The van der Waals surface area contributed by atoms with E-state index in [1.54, 1.807) is 24.0 Å². The number of benzene rings is 3. The summed E-state index contributed by atoms with van der Waals surface area (Å²) in [7, 11) is 4.01. The lowest BCUT2D eigenvalue weighted by Crippen LogP contribution is -2.43. The lowest BCUT2D eigenvalue weighted by Gasteiger charge is -2.33. The van der Waals surface area contributed by atoms with Crippen LogP contribution >= 0.6 is 35.0 Å². The van der Waals surface area contributed by atoms with Gasteiger partial charge in [-0.2, -0.15) is 11.8 Å². The second-order valence-electron chi connectivity index (χ2n) is 11.0. The zero-order chi connectivity index (χ0) is 30.8. The number of carboxylic acids is 1. The van der Waals surface area contributed by atoms with Crippen LogP contribution in [0.4, 0.5) is 21.5 Å². The number of aromatic nitrogens is 1. The highest BCUT2D eigenvalue weighted by Crippen LogP contribution is 2.44. The van der Waals surface area contributed by atoms with Gasteiger partial charge in [0.05, 0.1) is 27.6 Å². The Labute approximate surface area is 264 Å². The molecule has 1 aromatic heterocycles. The Kier molecular flexibility index (Phi) is 9.56. The number of halogens is 3. The summed E-state index contributed by atoms with van der Waals surface area (Å²) in [6.45, 7) is 0.779. The van der Waals surface area contributed by atoms with Crippen LogP contribution < -0.4 is 10.2 Å². The summed E-state index contributed by atoms with van der Waals surface area (Å²) in [5.41, 5.74) is 4.19. The van der Waals surface area contributed by atoms with Crippen molar-refractivity contribution < 1.29 is 19.4 Å². The number of aliphatic carboxylic acids is 1. The van der Waals surface area contributed by atoms with Gasteiger partial charge in [-0.1, -0.05) is 35.3 Å². The monoisotopic (exact) mass is 642 g/mol. The number of thioether (sulfide) groups is 1. The van der Waals surface area contributed by atoms with Crippen LogP contribution in [-0.2, 0) is 11.3 Å². The Balaban J connectivity index is 1.71. The van der Waals surface area contributed by atoms with Crippen molar-refractivity contribution in [3.63, 3.8) is 0 Å². The lowest BCUT2D eigenvalue weighted by atomic mass is 10.0. The largest absolute Gasteiger partial charge is 0.505 e. The third kappa shape index (κ3) is 6.96. The molecule has 0 spiro atoms. The van der Waals surface area contributed by atoms with Crippen molar-refractivity contribution in [3.05, 3.63) is 76.2 Å². The molecule has 1 heterocycles. The van der Waals surface area contributed by atoms with E-state index in [1.165, 1.54) is 18.2 Å². The van der Waals surface area contributed by atoms with Crippen molar-refractivity contribution >= 4 is 68.9 Å². The predicted molar refractivity (Wildman–Crippen MR) is 176 cm³/mol. The number of carbonyl (C=O) groups is 1. The molecule has 0 bridgehead atoms. The van der Waals surface area contributed by atoms with E-state index in [9.17, 15) is 15.0 Å². The molecule has 0 radical (unpaired) electrons. The van der Waals surface area contributed by atoms with Gasteiger partial charge in [0, 0.05) is 23.7 Å². The quantitative estimate of drug-likeness (QED) is 0.143. The highest BCUT2D eigenvalue weighted by molar-refractivity contribution is 7.98. The molecular formula is C32H33Cl2FN4O3S. The van der Waals surface area contributed by atoms with Crippen LogP contribution in [0.25, 0.3) is 22.0 Å². The number of phenols is 1. The third-order valence-corrected chi connectivity index (χ3v) is 8.63. The number of phenolic OH excluding ortho intramolecular Hbond substituents is 1. The second kappa shape index (κ2) is 13.2. The zero-order valence-corrected chi connectivity index (χ0v) is 26.4. The van der Waals surface area contributed by atoms with Crippen LogP contribution in [0.15, 0.2) is 54.7 Å². The number of fused-ring (bicyclic) bond motifs is 1. The first kappa shape index (κ1) is 31.2. The molecule has 0 unspecified atom stereocenters. The number of carboxylic acid groups (broad SMARTS) is 1. The van der Waals surface area contributed by atoms with Crippen LogP contribution in [0.2, 0.25) is 10.0 Å².